The minimum atomic E-state index is -0.477. The van der Waals surface area contributed by atoms with Crippen molar-refractivity contribution < 1.29 is 19.1 Å². The zero-order valence-electron chi connectivity index (χ0n) is 14.0. The fourth-order valence-corrected chi connectivity index (χ4v) is 3.97. The van der Waals surface area contributed by atoms with Crippen LogP contribution in [0.15, 0.2) is 0 Å². The van der Waals surface area contributed by atoms with E-state index in [2.05, 4.69) is 5.32 Å². The molecule has 3 heterocycles. The van der Waals surface area contributed by atoms with Gasteiger partial charge in [-0.1, -0.05) is 0 Å². The Labute approximate surface area is 141 Å². The summed E-state index contributed by atoms with van der Waals surface area (Å²) in [6.45, 7) is 3.84. The molecule has 24 heavy (non-hydrogen) atoms. The zero-order valence-corrected chi connectivity index (χ0v) is 14.0. The quantitative estimate of drug-likeness (QED) is 0.665. The van der Waals surface area contributed by atoms with Crippen LogP contribution >= 0.6 is 0 Å². The van der Waals surface area contributed by atoms with Crippen molar-refractivity contribution in [2.45, 2.75) is 31.8 Å². The highest BCUT2D eigenvalue weighted by atomic mass is 16.5. The first-order valence-corrected chi connectivity index (χ1v) is 8.66. The largest absolute Gasteiger partial charge is 0.368 e. The normalized spacial score (nSPS) is 27.3. The minimum absolute atomic E-state index is 0.000360. The molecule has 0 radical (unpaired) electrons. The third-order valence-corrected chi connectivity index (χ3v) is 5.43. The Balaban J connectivity index is 1.56. The van der Waals surface area contributed by atoms with Gasteiger partial charge in [-0.15, -0.1) is 0 Å². The number of hydrogen-bond donors (Lipinski definition) is 2. The highest BCUT2D eigenvalue weighted by molar-refractivity contribution is 5.84. The van der Waals surface area contributed by atoms with E-state index in [1.54, 1.807) is 4.90 Å². The van der Waals surface area contributed by atoms with Gasteiger partial charge >= 0.3 is 0 Å². The van der Waals surface area contributed by atoms with E-state index in [0.717, 1.165) is 25.8 Å². The lowest BCUT2D eigenvalue weighted by Gasteiger charge is -2.47. The predicted octanol–water partition coefficient (Wildman–Crippen LogP) is -1.31. The third kappa shape index (κ3) is 3.70. The number of carbonyl (C=O) groups excluding carboxylic acids is 3. The Bertz CT molecular complexity index is 510. The van der Waals surface area contributed by atoms with Crippen LogP contribution in [0.4, 0.5) is 0 Å². The van der Waals surface area contributed by atoms with Crippen LogP contribution in [0.2, 0.25) is 0 Å². The molecule has 1 atom stereocenters. The molecular formula is C16H26N4O4. The molecule has 3 aliphatic rings. The number of primary amides is 1. The number of rotatable bonds is 3. The lowest BCUT2D eigenvalue weighted by atomic mass is 9.72. The van der Waals surface area contributed by atoms with Crippen LogP contribution in [0.5, 0.6) is 0 Å². The highest BCUT2D eigenvalue weighted by Crippen LogP contribution is 2.40. The maximum absolute atomic E-state index is 12.5. The van der Waals surface area contributed by atoms with E-state index in [0.29, 0.717) is 39.2 Å². The minimum Gasteiger partial charge on any atom is -0.368 e. The van der Waals surface area contributed by atoms with Gasteiger partial charge in [0.05, 0.1) is 13.2 Å². The van der Waals surface area contributed by atoms with Gasteiger partial charge in [-0.2, -0.15) is 0 Å². The van der Waals surface area contributed by atoms with Crippen LogP contribution in [0.25, 0.3) is 0 Å². The monoisotopic (exact) mass is 338 g/mol. The van der Waals surface area contributed by atoms with Crippen molar-refractivity contribution >= 4 is 17.7 Å². The second-order valence-corrected chi connectivity index (χ2v) is 7.10. The number of morpholine rings is 1. The summed E-state index contributed by atoms with van der Waals surface area (Å²) in [5, 5.41) is 3.18. The fraction of sp³-hybridized carbons (Fsp3) is 0.812. The first-order valence-electron chi connectivity index (χ1n) is 8.66. The summed E-state index contributed by atoms with van der Waals surface area (Å²) >= 11 is 0. The van der Waals surface area contributed by atoms with Gasteiger partial charge in [0.15, 0.2) is 0 Å². The molecule has 8 heteroatoms. The Hall–Kier alpha value is -1.67. The maximum atomic E-state index is 12.5. The van der Waals surface area contributed by atoms with Gasteiger partial charge in [0.2, 0.25) is 11.8 Å². The van der Waals surface area contributed by atoms with Gasteiger partial charge in [-0.3, -0.25) is 14.4 Å². The van der Waals surface area contributed by atoms with E-state index in [-0.39, 0.29) is 29.9 Å². The van der Waals surface area contributed by atoms with E-state index in [1.165, 1.54) is 0 Å². The van der Waals surface area contributed by atoms with Crippen molar-refractivity contribution in [1.29, 1.82) is 0 Å². The SMILES string of the molecule is NC(=O)CN1CC2(CCC1=O)CCN(C(=O)[C@H]1CNCCO1)CC2. The second-order valence-electron chi connectivity index (χ2n) is 7.10. The number of likely N-dealkylation sites (tertiary alicyclic amines) is 2. The molecule has 8 nitrogen and oxygen atoms in total. The third-order valence-electron chi connectivity index (χ3n) is 5.43. The number of nitrogens with two attached hydrogens (primary N) is 1. The molecule has 3 aliphatic heterocycles. The number of piperidine rings is 2. The average Bonchev–Trinajstić information content (AvgIpc) is 2.59. The van der Waals surface area contributed by atoms with E-state index in [9.17, 15) is 14.4 Å². The molecular weight excluding hydrogens is 312 g/mol. The topological polar surface area (TPSA) is 105 Å². The van der Waals surface area contributed by atoms with Crippen LogP contribution in [0, 0.1) is 5.41 Å². The van der Waals surface area contributed by atoms with Gasteiger partial charge in [-0.25, -0.2) is 0 Å². The van der Waals surface area contributed by atoms with Crippen molar-refractivity contribution in [2.24, 2.45) is 11.1 Å². The maximum Gasteiger partial charge on any atom is 0.253 e. The van der Waals surface area contributed by atoms with E-state index >= 15 is 0 Å². The van der Waals surface area contributed by atoms with Crippen LogP contribution < -0.4 is 11.1 Å². The van der Waals surface area contributed by atoms with Crippen LogP contribution in [0.3, 0.4) is 0 Å². The summed E-state index contributed by atoms with van der Waals surface area (Å²) in [6.07, 6.45) is 2.59. The molecule has 3 N–H and O–H groups in total. The fourth-order valence-electron chi connectivity index (χ4n) is 3.97. The predicted molar refractivity (Wildman–Crippen MR) is 85.9 cm³/mol. The van der Waals surface area contributed by atoms with Crippen LogP contribution in [-0.4, -0.2) is 79.5 Å². The molecule has 0 aromatic rings. The Morgan fingerprint density at radius 2 is 2.04 bits per heavy atom. The molecule has 0 bridgehead atoms. The standard InChI is InChI=1S/C16H26N4O4/c17-13(21)10-20-11-16(2-1-14(20)22)3-6-19(7-4-16)15(23)12-9-18-5-8-24-12/h12,18H,1-11H2,(H2,17,21)/t12-/m1/s1. The summed E-state index contributed by atoms with van der Waals surface area (Å²) in [5.74, 6) is -0.424. The van der Waals surface area contributed by atoms with Crippen molar-refractivity contribution in [3.8, 4) is 0 Å². The van der Waals surface area contributed by atoms with E-state index < -0.39 is 5.91 Å². The molecule has 3 amide bonds. The van der Waals surface area contributed by atoms with Gasteiger partial charge in [0.1, 0.15) is 6.10 Å². The molecule has 3 rings (SSSR count). The highest BCUT2D eigenvalue weighted by Gasteiger charge is 2.42. The first-order chi connectivity index (χ1) is 11.5. The van der Waals surface area contributed by atoms with Gasteiger partial charge in [0.25, 0.3) is 5.91 Å². The van der Waals surface area contributed by atoms with Crippen LogP contribution in [-0.2, 0) is 19.1 Å². The van der Waals surface area contributed by atoms with Crippen molar-refractivity contribution in [1.82, 2.24) is 15.1 Å². The Kier molecular flexibility index (Phi) is 5.05. The van der Waals surface area contributed by atoms with E-state index in [4.69, 9.17) is 10.5 Å². The van der Waals surface area contributed by atoms with Crippen molar-refractivity contribution in [3.63, 3.8) is 0 Å². The zero-order chi connectivity index (χ0) is 17.2. The molecule has 0 aromatic carbocycles. The molecule has 3 saturated heterocycles. The number of carbonyl (C=O) groups is 3. The lowest BCUT2D eigenvalue weighted by molar-refractivity contribution is -0.151. The summed E-state index contributed by atoms with van der Waals surface area (Å²) in [5.41, 5.74) is 5.25. The number of nitrogens with one attached hydrogen (secondary N) is 1. The number of hydrogen-bond acceptors (Lipinski definition) is 5. The van der Waals surface area contributed by atoms with Crippen LogP contribution in [0.1, 0.15) is 25.7 Å². The van der Waals surface area contributed by atoms with Gasteiger partial charge in [0, 0.05) is 39.1 Å². The molecule has 134 valence electrons. The average molecular weight is 338 g/mol. The van der Waals surface area contributed by atoms with Crippen molar-refractivity contribution in [2.75, 3.05) is 45.9 Å². The Morgan fingerprint density at radius 3 is 2.67 bits per heavy atom. The molecule has 1 spiro atoms. The lowest BCUT2D eigenvalue weighted by Crippen LogP contribution is -2.56. The van der Waals surface area contributed by atoms with Crippen molar-refractivity contribution in [3.05, 3.63) is 0 Å². The summed E-state index contributed by atoms with van der Waals surface area (Å²) in [4.78, 5) is 39.1. The number of amides is 3. The van der Waals surface area contributed by atoms with E-state index in [1.807, 2.05) is 4.90 Å². The molecule has 0 aliphatic carbocycles. The summed E-state index contributed by atoms with van der Waals surface area (Å²) in [6, 6.07) is 0. The van der Waals surface area contributed by atoms with Gasteiger partial charge in [-0.05, 0) is 24.7 Å². The Morgan fingerprint density at radius 1 is 1.29 bits per heavy atom. The molecule has 0 unspecified atom stereocenters. The molecule has 0 aromatic heterocycles. The molecule has 0 saturated carbocycles. The number of nitrogens with zero attached hydrogens (tertiary/aromatic N) is 2. The number of ether oxygens (including phenoxy) is 1. The molecule has 3 fully saturated rings. The first kappa shape index (κ1) is 17.2. The second kappa shape index (κ2) is 7.06. The summed E-state index contributed by atoms with van der Waals surface area (Å²) in [7, 11) is 0. The summed E-state index contributed by atoms with van der Waals surface area (Å²) < 4.78 is 5.55. The smallest absolute Gasteiger partial charge is 0.253 e. The van der Waals surface area contributed by atoms with Gasteiger partial charge < -0.3 is 25.6 Å².